The van der Waals surface area contributed by atoms with Gasteiger partial charge in [-0.1, -0.05) is 12.1 Å². The number of aromatic nitrogens is 1. The summed E-state index contributed by atoms with van der Waals surface area (Å²) in [6.45, 7) is 8.26. The largest absolute Gasteiger partial charge is 0.494 e. The highest BCUT2D eigenvalue weighted by Gasteiger charge is 2.51. The van der Waals surface area contributed by atoms with E-state index in [0.29, 0.717) is 0 Å². The average molecular weight is 401 g/mol. The molecule has 3 nitrogen and oxygen atoms in total. The molecule has 1 saturated heterocycles. The van der Waals surface area contributed by atoms with Gasteiger partial charge < -0.3 is 14.3 Å². The summed E-state index contributed by atoms with van der Waals surface area (Å²) in [6.07, 6.45) is 0. The maximum absolute atomic E-state index is 6.09. The molecule has 0 unspecified atom stereocenters. The van der Waals surface area contributed by atoms with Crippen LogP contribution in [-0.2, 0) is 9.31 Å². The van der Waals surface area contributed by atoms with Gasteiger partial charge in [0.25, 0.3) is 0 Å². The van der Waals surface area contributed by atoms with Gasteiger partial charge in [0.1, 0.15) is 0 Å². The van der Waals surface area contributed by atoms with Gasteiger partial charge in [-0.15, -0.1) is 0 Å². The molecular formula is C14H16BBr2NO2. The summed E-state index contributed by atoms with van der Waals surface area (Å²) in [5, 5.41) is 1.11. The molecule has 0 bridgehead atoms. The third-order valence-corrected chi connectivity index (χ3v) is 6.19. The molecule has 1 aromatic carbocycles. The predicted octanol–water partition coefficient (Wildman–Crippen LogP) is 3.99. The van der Waals surface area contributed by atoms with E-state index in [9.17, 15) is 0 Å². The van der Waals surface area contributed by atoms with Crippen LogP contribution in [0.1, 0.15) is 27.7 Å². The number of rotatable bonds is 1. The number of halogens is 2. The summed E-state index contributed by atoms with van der Waals surface area (Å²) in [6, 6.07) is 6.19. The summed E-state index contributed by atoms with van der Waals surface area (Å²) in [7, 11) is -0.329. The van der Waals surface area contributed by atoms with Crippen LogP contribution in [0.4, 0.5) is 0 Å². The van der Waals surface area contributed by atoms with E-state index in [0.717, 1.165) is 25.4 Å². The van der Waals surface area contributed by atoms with Crippen molar-refractivity contribution in [3.05, 3.63) is 27.3 Å². The molecular weight excluding hydrogens is 385 g/mol. The molecule has 3 rings (SSSR count). The molecule has 0 spiro atoms. The van der Waals surface area contributed by atoms with Gasteiger partial charge in [-0.2, -0.15) is 0 Å². The zero-order valence-electron chi connectivity index (χ0n) is 11.9. The van der Waals surface area contributed by atoms with Crippen LogP contribution in [0.5, 0.6) is 0 Å². The van der Waals surface area contributed by atoms with E-state index in [-0.39, 0.29) is 18.3 Å². The summed E-state index contributed by atoms with van der Waals surface area (Å²) in [5.74, 6) is 0. The van der Waals surface area contributed by atoms with Crippen molar-refractivity contribution in [3.8, 4) is 0 Å². The van der Waals surface area contributed by atoms with Gasteiger partial charge >= 0.3 is 7.12 Å². The molecule has 1 aliphatic rings. The Morgan fingerprint density at radius 3 is 2.25 bits per heavy atom. The van der Waals surface area contributed by atoms with E-state index >= 15 is 0 Å². The number of hydrogen-bond acceptors (Lipinski definition) is 2. The minimum Gasteiger partial charge on any atom is -0.399 e. The van der Waals surface area contributed by atoms with Crippen molar-refractivity contribution in [1.82, 2.24) is 4.98 Å². The van der Waals surface area contributed by atoms with E-state index < -0.39 is 0 Å². The Morgan fingerprint density at radius 2 is 1.65 bits per heavy atom. The van der Waals surface area contributed by atoms with Crippen LogP contribution in [0.15, 0.2) is 27.3 Å². The van der Waals surface area contributed by atoms with Crippen molar-refractivity contribution in [1.29, 1.82) is 0 Å². The van der Waals surface area contributed by atoms with E-state index in [1.807, 2.05) is 12.1 Å². The Bertz CT molecular complexity index is 665. The molecule has 0 saturated carbocycles. The molecule has 2 aromatic rings. The van der Waals surface area contributed by atoms with E-state index in [2.05, 4.69) is 70.6 Å². The molecule has 1 fully saturated rings. The summed E-state index contributed by atoms with van der Waals surface area (Å²) in [4.78, 5) is 3.27. The van der Waals surface area contributed by atoms with Gasteiger partial charge in [0.2, 0.25) is 0 Å². The lowest BCUT2D eigenvalue weighted by Crippen LogP contribution is -2.41. The van der Waals surface area contributed by atoms with Crippen LogP contribution in [0.25, 0.3) is 10.9 Å². The van der Waals surface area contributed by atoms with Crippen LogP contribution in [0.2, 0.25) is 0 Å². The molecule has 2 heterocycles. The zero-order chi connectivity index (χ0) is 14.7. The summed E-state index contributed by atoms with van der Waals surface area (Å²) < 4.78 is 14.1. The Hall–Kier alpha value is -0.295. The zero-order valence-corrected chi connectivity index (χ0v) is 15.1. The number of nitrogens with one attached hydrogen (secondary N) is 1. The molecule has 20 heavy (non-hydrogen) atoms. The van der Waals surface area contributed by atoms with E-state index in [1.165, 1.54) is 0 Å². The van der Waals surface area contributed by atoms with Crippen LogP contribution >= 0.6 is 31.9 Å². The van der Waals surface area contributed by atoms with Gasteiger partial charge in [-0.3, -0.25) is 0 Å². The fourth-order valence-corrected chi connectivity index (χ4v) is 3.12. The standard InChI is InChI=1S/C14H16BBr2NO2/c1-13(2)14(3,4)20-15(19-13)8-5-6-10-9(7-8)11(16)12(17)18-10/h5-7,18H,1-4H3. The Balaban J connectivity index is 2.02. The lowest BCUT2D eigenvalue weighted by Gasteiger charge is -2.32. The lowest BCUT2D eigenvalue weighted by molar-refractivity contribution is 0.00578. The topological polar surface area (TPSA) is 34.2 Å². The summed E-state index contributed by atoms with van der Waals surface area (Å²) in [5.41, 5.74) is 1.47. The number of hydrogen-bond donors (Lipinski definition) is 1. The van der Waals surface area contributed by atoms with Crippen molar-refractivity contribution in [2.75, 3.05) is 0 Å². The molecule has 106 valence electrons. The highest BCUT2D eigenvalue weighted by Crippen LogP contribution is 2.37. The maximum atomic E-state index is 6.09. The SMILES string of the molecule is CC1(C)OB(c2ccc3[nH]c(Br)c(Br)c3c2)OC1(C)C. The Kier molecular flexibility index (Phi) is 3.37. The lowest BCUT2D eigenvalue weighted by atomic mass is 9.79. The molecule has 0 atom stereocenters. The number of H-pyrrole nitrogens is 1. The maximum Gasteiger partial charge on any atom is 0.494 e. The average Bonchev–Trinajstić information content (AvgIpc) is 2.74. The van der Waals surface area contributed by atoms with Crippen molar-refractivity contribution in [2.45, 2.75) is 38.9 Å². The first-order chi connectivity index (χ1) is 9.21. The Labute approximate surface area is 135 Å². The van der Waals surface area contributed by atoms with Crippen molar-refractivity contribution in [3.63, 3.8) is 0 Å². The van der Waals surface area contributed by atoms with Gasteiger partial charge in [0.15, 0.2) is 0 Å². The predicted molar refractivity (Wildman–Crippen MR) is 89.4 cm³/mol. The highest BCUT2D eigenvalue weighted by molar-refractivity contribution is 9.13. The van der Waals surface area contributed by atoms with Gasteiger partial charge in [0, 0.05) is 10.9 Å². The summed E-state index contributed by atoms with van der Waals surface area (Å²) >= 11 is 7.07. The fraction of sp³-hybridized carbons (Fsp3) is 0.429. The molecule has 1 aliphatic heterocycles. The first kappa shape index (κ1) is 14.6. The third kappa shape index (κ3) is 2.17. The third-order valence-electron chi connectivity index (χ3n) is 4.24. The first-order valence-corrected chi connectivity index (χ1v) is 8.12. The highest BCUT2D eigenvalue weighted by atomic mass is 79.9. The number of aromatic amines is 1. The van der Waals surface area contributed by atoms with Crippen LogP contribution in [0.3, 0.4) is 0 Å². The van der Waals surface area contributed by atoms with Crippen molar-refractivity contribution < 1.29 is 9.31 Å². The molecule has 0 radical (unpaired) electrons. The first-order valence-electron chi connectivity index (χ1n) is 6.53. The van der Waals surface area contributed by atoms with Gasteiger partial charge in [-0.25, -0.2) is 0 Å². The van der Waals surface area contributed by atoms with Crippen molar-refractivity contribution in [2.24, 2.45) is 0 Å². The van der Waals surface area contributed by atoms with Crippen LogP contribution in [-0.4, -0.2) is 23.3 Å². The molecule has 1 aromatic heterocycles. The van der Waals surface area contributed by atoms with Crippen LogP contribution < -0.4 is 5.46 Å². The van der Waals surface area contributed by atoms with Gasteiger partial charge in [0.05, 0.1) is 20.3 Å². The molecule has 0 aliphatic carbocycles. The van der Waals surface area contributed by atoms with Gasteiger partial charge in [-0.05, 0) is 71.1 Å². The molecule has 0 amide bonds. The minimum absolute atomic E-state index is 0.317. The quantitative estimate of drug-likeness (QED) is 0.734. The Morgan fingerprint density at radius 1 is 1.05 bits per heavy atom. The number of fused-ring (bicyclic) bond motifs is 1. The second-order valence-corrected chi connectivity index (χ2v) is 7.73. The number of benzene rings is 1. The van der Waals surface area contributed by atoms with E-state index in [4.69, 9.17) is 9.31 Å². The fourth-order valence-electron chi connectivity index (χ4n) is 2.27. The second-order valence-electron chi connectivity index (χ2n) is 6.15. The second kappa shape index (κ2) is 4.60. The monoisotopic (exact) mass is 399 g/mol. The molecule has 6 heteroatoms. The van der Waals surface area contributed by atoms with E-state index in [1.54, 1.807) is 0 Å². The van der Waals surface area contributed by atoms with Crippen LogP contribution in [0, 0.1) is 0 Å². The van der Waals surface area contributed by atoms with Crippen molar-refractivity contribution >= 4 is 55.3 Å². The minimum atomic E-state index is -0.329. The smallest absolute Gasteiger partial charge is 0.399 e. The normalized spacial score (nSPS) is 20.8. The molecule has 1 N–H and O–H groups in total.